The van der Waals surface area contributed by atoms with E-state index in [0.717, 1.165) is 0 Å². The molecule has 0 saturated carbocycles. The van der Waals surface area contributed by atoms with Crippen molar-refractivity contribution in [2.45, 2.75) is 11.8 Å². The molecular formula is C9H11NaO2S. The molecule has 0 radical (unpaired) electrons. The Bertz CT molecular complexity index is 289. The Kier molecular flexibility index (Phi) is 6.51. The number of hydrogen-bond acceptors (Lipinski definition) is 3. The number of carbonyl (C=O) groups excluding carboxylic acids is 1. The van der Waals surface area contributed by atoms with E-state index in [1.54, 1.807) is 25.1 Å². The molecule has 0 aliphatic heterocycles. The zero-order valence-corrected chi connectivity index (χ0v) is 7.67. The molecule has 0 atom stereocenters. The average Bonchev–Trinajstić information content (AvgIpc) is 2.05. The second kappa shape index (κ2) is 6.49. The van der Waals surface area contributed by atoms with Gasteiger partial charge in [-0.1, -0.05) is 12.1 Å². The minimum absolute atomic E-state index is 0. The summed E-state index contributed by atoms with van der Waals surface area (Å²) in [5.74, 6) is -0.317. The van der Waals surface area contributed by atoms with Crippen molar-refractivity contribution in [3.63, 3.8) is 0 Å². The van der Waals surface area contributed by atoms with Crippen molar-refractivity contribution in [2.75, 3.05) is 6.61 Å². The van der Waals surface area contributed by atoms with Crippen LogP contribution >= 0.6 is 12.6 Å². The first-order chi connectivity index (χ1) is 5.75. The third-order valence-electron chi connectivity index (χ3n) is 1.40. The number of thiol groups is 1. The van der Waals surface area contributed by atoms with Crippen LogP contribution in [-0.2, 0) is 4.74 Å². The van der Waals surface area contributed by atoms with E-state index in [4.69, 9.17) is 4.74 Å². The van der Waals surface area contributed by atoms with Gasteiger partial charge >= 0.3 is 35.5 Å². The molecule has 2 nitrogen and oxygen atoms in total. The van der Waals surface area contributed by atoms with Gasteiger partial charge in [-0.2, -0.15) is 0 Å². The number of ether oxygens (including phenoxy) is 1. The number of rotatable bonds is 2. The quantitative estimate of drug-likeness (QED) is 0.451. The summed E-state index contributed by atoms with van der Waals surface area (Å²) in [7, 11) is 0. The molecule has 1 aromatic rings. The fourth-order valence-corrected chi connectivity index (χ4v) is 1.11. The van der Waals surface area contributed by atoms with Crippen molar-refractivity contribution < 1.29 is 9.53 Å². The molecule has 4 heteroatoms. The molecule has 0 fully saturated rings. The summed E-state index contributed by atoms with van der Waals surface area (Å²) in [6.07, 6.45) is 0. The van der Waals surface area contributed by atoms with E-state index in [9.17, 15) is 4.79 Å². The van der Waals surface area contributed by atoms with Gasteiger partial charge in [0.25, 0.3) is 0 Å². The molecule has 0 aromatic heterocycles. The molecule has 13 heavy (non-hydrogen) atoms. The monoisotopic (exact) mass is 206 g/mol. The summed E-state index contributed by atoms with van der Waals surface area (Å²) >= 11 is 4.13. The summed E-state index contributed by atoms with van der Waals surface area (Å²) in [6.45, 7) is 2.17. The van der Waals surface area contributed by atoms with E-state index >= 15 is 0 Å². The van der Waals surface area contributed by atoms with Gasteiger partial charge < -0.3 is 4.74 Å². The first-order valence-corrected chi connectivity index (χ1v) is 4.15. The van der Waals surface area contributed by atoms with Gasteiger partial charge in [-0.15, -0.1) is 12.6 Å². The second-order valence-electron chi connectivity index (χ2n) is 2.24. The Morgan fingerprint density at radius 3 is 2.62 bits per heavy atom. The molecule has 0 unspecified atom stereocenters. The summed E-state index contributed by atoms with van der Waals surface area (Å²) in [6, 6.07) is 7.06. The van der Waals surface area contributed by atoms with Gasteiger partial charge in [0, 0.05) is 4.90 Å². The normalized spacial score (nSPS) is 8.77. The average molecular weight is 206 g/mol. The predicted molar refractivity (Wildman–Crippen MR) is 56.8 cm³/mol. The van der Waals surface area contributed by atoms with Crippen LogP contribution in [0.3, 0.4) is 0 Å². The zero-order chi connectivity index (χ0) is 8.97. The van der Waals surface area contributed by atoms with E-state index in [1.165, 1.54) is 0 Å². The first kappa shape index (κ1) is 13.0. The van der Waals surface area contributed by atoms with Crippen LogP contribution in [0.25, 0.3) is 0 Å². The minimum atomic E-state index is -0.317. The zero-order valence-electron chi connectivity index (χ0n) is 6.78. The molecule has 0 aliphatic carbocycles. The first-order valence-electron chi connectivity index (χ1n) is 3.70. The molecule has 0 N–H and O–H groups in total. The predicted octanol–water partition coefficient (Wildman–Crippen LogP) is 1.50. The van der Waals surface area contributed by atoms with Crippen molar-refractivity contribution in [2.24, 2.45) is 0 Å². The van der Waals surface area contributed by atoms with E-state index in [2.05, 4.69) is 12.6 Å². The Morgan fingerprint density at radius 1 is 1.46 bits per heavy atom. The summed E-state index contributed by atoms with van der Waals surface area (Å²) in [5, 5.41) is 0. The van der Waals surface area contributed by atoms with Crippen LogP contribution in [0.2, 0.25) is 0 Å². The summed E-state index contributed by atoms with van der Waals surface area (Å²) < 4.78 is 4.82. The molecule has 0 amide bonds. The van der Waals surface area contributed by atoms with E-state index in [-0.39, 0.29) is 35.5 Å². The maximum absolute atomic E-state index is 11.2. The topological polar surface area (TPSA) is 26.3 Å². The Labute approximate surface area is 105 Å². The van der Waals surface area contributed by atoms with Crippen LogP contribution in [0.15, 0.2) is 29.2 Å². The summed E-state index contributed by atoms with van der Waals surface area (Å²) in [5.41, 5.74) is 0.516. The van der Waals surface area contributed by atoms with E-state index in [0.29, 0.717) is 17.1 Å². The number of carbonyl (C=O) groups is 1. The molecule has 0 bridgehead atoms. The molecule has 1 aromatic carbocycles. The van der Waals surface area contributed by atoms with E-state index < -0.39 is 0 Å². The fourth-order valence-electron chi connectivity index (χ4n) is 0.855. The van der Waals surface area contributed by atoms with Crippen molar-refractivity contribution in [1.29, 1.82) is 0 Å². The van der Waals surface area contributed by atoms with Gasteiger partial charge in [0.1, 0.15) is 0 Å². The van der Waals surface area contributed by atoms with Crippen molar-refractivity contribution in [3.05, 3.63) is 29.8 Å². The van der Waals surface area contributed by atoms with Gasteiger partial charge in [0.05, 0.1) is 12.2 Å². The number of benzene rings is 1. The summed E-state index contributed by atoms with van der Waals surface area (Å²) in [4.78, 5) is 11.8. The van der Waals surface area contributed by atoms with Crippen LogP contribution in [0.5, 0.6) is 0 Å². The third-order valence-corrected chi connectivity index (χ3v) is 1.79. The van der Waals surface area contributed by atoms with E-state index in [1.807, 2.05) is 6.07 Å². The Hall–Kier alpha value is 0.0400. The maximum atomic E-state index is 11.2. The Balaban J connectivity index is 0.00000144. The molecule has 66 valence electrons. The van der Waals surface area contributed by atoms with Gasteiger partial charge in [-0.05, 0) is 19.1 Å². The van der Waals surface area contributed by atoms with Gasteiger partial charge in [0.15, 0.2) is 0 Å². The van der Waals surface area contributed by atoms with Gasteiger partial charge in [-0.25, -0.2) is 4.79 Å². The van der Waals surface area contributed by atoms with Gasteiger partial charge in [-0.3, -0.25) is 0 Å². The fraction of sp³-hybridized carbons (Fsp3) is 0.222. The SMILES string of the molecule is CCOC(=O)c1ccccc1S.[NaH]. The molecular weight excluding hydrogens is 195 g/mol. The number of hydrogen-bond donors (Lipinski definition) is 1. The van der Waals surface area contributed by atoms with Crippen LogP contribution in [0, 0.1) is 0 Å². The van der Waals surface area contributed by atoms with Crippen LogP contribution in [0.4, 0.5) is 0 Å². The Morgan fingerprint density at radius 2 is 2.08 bits per heavy atom. The van der Waals surface area contributed by atoms with Crippen LogP contribution < -0.4 is 0 Å². The molecule has 1 rings (SSSR count). The molecule has 0 heterocycles. The second-order valence-corrected chi connectivity index (χ2v) is 2.72. The van der Waals surface area contributed by atoms with Crippen LogP contribution in [0.1, 0.15) is 17.3 Å². The van der Waals surface area contributed by atoms with Crippen LogP contribution in [-0.4, -0.2) is 42.1 Å². The standard InChI is InChI=1S/C9H10O2S.Na.H/c1-2-11-9(10)7-5-3-4-6-8(7)12;;/h3-6,12H,2H2,1H3;;. The molecule has 0 spiro atoms. The number of esters is 1. The van der Waals surface area contributed by atoms with Crippen molar-refractivity contribution in [3.8, 4) is 0 Å². The molecule has 0 saturated heterocycles. The van der Waals surface area contributed by atoms with Gasteiger partial charge in [0.2, 0.25) is 0 Å². The molecule has 0 aliphatic rings. The van der Waals surface area contributed by atoms with Crippen molar-refractivity contribution >= 4 is 48.2 Å². The van der Waals surface area contributed by atoms with Crippen molar-refractivity contribution in [1.82, 2.24) is 0 Å². The third kappa shape index (κ3) is 3.73.